The highest BCUT2D eigenvalue weighted by molar-refractivity contribution is 7.10. The van der Waals surface area contributed by atoms with Crippen molar-refractivity contribution in [1.29, 1.82) is 0 Å². The molecule has 7 nitrogen and oxygen atoms in total. The van der Waals surface area contributed by atoms with E-state index in [1.807, 2.05) is 24.3 Å². The van der Waals surface area contributed by atoms with E-state index < -0.39 is 29.9 Å². The Hall–Kier alpha value is -3.14. The predicted molar refractivity (Wildman–Crippen MR) is 144 cm³/mol. The summed E-state index contributed by atoms with van der Waals surface area (Å²) in [6, 6.07) is 21.7. The molecule has 11 heteroatoms. The summed E-state index contributed by atoms with van der Waals surface area (Å²) in [5.41, 5.74) is 1.49. The van der Waals surface area contributed by atoms with Crippen LogP contribution in [0.2, 0.25) is 15.2 Å². The number of halogens is 3. The first kappa shape index (κ1) is 24.2. The van der Waals surface area contributed by atoms with Crippen LogP contribution in [-0.4, -0.2) is 22.5 Å². The van der Waals surface area contributed by atoms with E-state index in [-0.39, 0.29) is 20.7 Å². The van der Waals surface area contributed by atoms with Gasteiger partial charge in [0.15, 0.2) is 6.10 Å². The van der Waals surface area contributed by atoms with Gasteiger partial charge in [0.05, 0.1) is 32.0 Å². The number of fused-ring (bicyclic) bond motifs is 1. The Labute approximate surface area is 229 Å². The molecular formula is C26H16Cl3N3O4S. The summed E-state index contributed by atoms with van der Waals surface area (Å²) in [6.07, 6.45) is -1.12. The maximum absolute atomic E-state index is 13.8. The number of rotatable bonds is 4. The van der Waals surface area contributed by atoms with Gasteiger partial charge in [-0.3, -0.25) is 23.8 Å². The molecular weight excluding hydrogens is 557 g/mol. The Kier molecular flexibility index (Phi) is 6.09. The topological polar surface area (TPSA) is 71.8 Å². The van der Waals surface area contributed by atoms with Crippen LogP contribution in [0.3, 0.4) is 0 Å². The normalized spacial score (nSPS) is 21.1. The summed E-state index contributed by atoms with van der Waals surface area (Å²) in [5, 5.41) is 2.17. The monoisotopic (exact) mass is 571 g/mol. The molecule has 2 saturated heterocycles. The third kappa shape index (κ3) is 3.88. The predicted octanol–water partition coefficient (Wildman–Crippen LogP) is 5.91. The van der Waals surface area contributed by atoms with Crippen molar-refractivity contribution in [2.75, 3.05) is 9.96 Å². The molecule has 3 heterocycles. The first-order valence-corrected chi connectivity index (χ1v) is 13.1. The summed E-state index contributed by atoms with van der Waals surface area (Å²) in [5.74, 6) is -1.98. The Balaban J connectivity index is 1.49. The van der Waals surface area contributed by atoms with Crippen molar-refractivity contribution in [3.8, 4) is 5.69 Å². The maximum Gasteiger partial charge on any atom is 0.313 e. The summed E-state index contributed by atoms with van der Waals surface area (Å²) in [7, 11) is 0. The van der Waals surface area contributed by atoms with Gasteiger partial charge in [0.1, 0.15) is 17.1 Å². The number of hydrogen-bond donors (Lipinski definition) is 0. The van der Waals surface area contributed by atoms with Gasteiger partial charge in [0, 0.05) is 0 Å². The molecule has 0 spiro atoms. The van der Waals surface area contributed by atoms with Gasteiger partial charge < -0.3 is 0 Å². The van der Waals surface area contributed by atoms with Crippen LogP contribution >= 0.6 is 46.1 Å². The number of aromatic nitrogens is 1. The van der Waals surface area contributed by atoms with Crippen LogP contribution in [0.15, 0.2) is 83.7 Å². The van der Waals surface area contributed by atoms with E-state index in [0.29, 0.717) is 21.3 Å². The standard InChI is InChI=1S/C26H16Cl3N3O4S/c27-17-12-11-16(13-18(17)28)31-24(33)19-20(32(36-21(19)25(31)34)15-9-5-2-6-10-15)22-23(29)30(26(35)37-22)14-7-3-1-4-8-14/h1-13,19-21H/t19-,20-,21-/m0/s1. The zero-order valence-corrected chi connectivity index (χ0v) is 21.8. The summed E-state index contributed by atoms with van der Waals surface area (Å²) < 4.78 is 1.38. The molecule has 0 aliphatic carbocycles. The second kappa shape index (κ2) is 9.31. The van der Waals surface area contributed by atoms with Gasteiger partial charge in [-0.25, -0.2) is 9.96 Å². The minimum absolute atomic E-state index is 0.157. The molecule has 1 aromatic heterocycles. The number of benzene rings is 3. The van der Waals surface area contributed by atoms with Crippen LogP contribution in [-0.2, 0) is 14.4 Å². The van der Waals surface area contributed by atoms with Crippen LogP contribution in [0, 0.1) is 5.92 Å². The molecule has 2 aliphatic heterocycles. The van der Waals surface area contributed by atoms with E-state index >= 15 is 0 Å². The highest BCUT2D eigenvalue weighted by atomic mass is 35.5. The highest BCUT2D eigenvalue weighted by Gasteiger charge is 2.61. The molecule has 186 valence electrons. The lowest BCUT2D eigenvalue weighted by Gasteiger charge is -2.28. The van der Waals surface area contributed by atoms with Crippen LogP contribution in [0.5, 0.6) is 0 Å². The second-order valence-electron chi connectivity index (χ2n) is 8.46. The van der Waals surface area contributed by atoms with Crippen molar-refractivity contribution < 1.29 is 14.4 Å². The van der Waals surface area contributed by atoms with Crippen LogP contribution < -0.4 is 14.8 Å². The Bertz CT molecular complexity index is 1590. The van der Waals surface area contributed by atoms with Crippen LogP contribution in [0.1, 0.15) is 10.9 Å². The number of nitrogens with zero attached hydrogens (tertiary/aromatic N) is 3. The summed E-state index contributed by atoms with van der Waals surface area (Å²) >= 11 is 19.9. The zero-order valence-electron chi connectivity index (χ0n) is 18.8. The SMILES string of the molecule is O=C1[C@@H]2[C@H](ON(c3ccccc3)[C@@H]2c2sc(=O)n(-c3ccccc3)c2Cl)C(=O)N1c1ccc(Cl)c(Cl)c1. The van der Waals surface area contributed by atoms with Gasteiger partial charge in [-0.05, 0) is 42.5 Å². The molecule has 4 aromatic rings. The average Bonchev–Trinajstić information content (AvgIpc) is 3.51. The smallest absolute Gasteiger partial charge is 0.273 e. The average molecular weight is 573 g/mol. The number of thiazole rings is 1. The third-order valence-electron chi connectivity index (χ3n) is 6.35. The molecule has 0 unspecified atom stereocenters. The van der Waals surface area contributed by atoms with E-state index in [2.05, 4.69) is 0 Å². The van der Waals surface area contributed by atoms with Gasteiger partial charge in [-0.1, -0.05) is 82.5 Å². The number of para-hydroxylation sites is 2. The van der Waals surface area contributed by atoms with E-state index in [9.17, 15) is 14.4 Å². The molecule has 3 aromatic carbocycles. The van der Waals surface area contributed by atoms with Gasteiger partial charge in [0.2, 0.25) is 5.91 Å². The molecule has 0 radical (unpaired) electrons. The quantitative estimate of drug-likeness (QED) is 0.284. The molecule has 0 bridgehead atoms. The number of carbonyl (C=O) groups is 2. The zero-order chi connectivity index (χ0) is 25.8. The number of hydrogen-bond acceptors (Lipinski definition) is 6. The lowest BCUT2D eigenvalue weighted by molar-refractivity contribution is -0.126. The van der Waals surface area contributed by atoms with E-state index in [4.69, 9.17) is 39.6 Å². The molecule has 2 aliphatic rings. The molecule has 0 saturated carbocycles. The number of anilines is 2. The summed E-state index contributed by atoms with van der Waals surface area (Å²) in [4.78, 5) is 47.7. The van der Waals surface area contributed by atoms with Crippen molar-refractivity contribution in [3.05, 3.63) is 109 Å². The first-order valence-electron chi connectivity index (χ1n) is 11.2. The Morgan fingerprint density at radius 3 is 2.03 bits per heavy atom. The molecule has 6 rings (SSSR count). The minimum atomic E-state index is -1.12. The number of carbonyl (C=O) groups excluding carboxylic acids is 2. The molecule has 2 amide bonds. The first-order chi connectivity index (χ1) is 17.9. The second-order valence-corrected chi connectivity index (χ2v) is 10.6. The molecule has 3 atom stereocenters. The van der Waals surface area contributed by atoms with Gasteiger partial charge >= 0.3 is 4.87 Å². The fourth-order valence-corrected chi connectivity index (χ4v) is 6.47. The molecule has 0 N–H and O–H groups in total. The largest absolute Gasteiger partial charge is 0.313 e. The Morgan fingerprint density at radius 1 is 0.730 bits per heavy atom. The van der Waals surface area contributed by atoms with Crippen molar-refractivity contribution in [2.24, 2.45) is 5.92 Å². The highest BCUT2D eigenvalue weighted by Crippen LogP contribution is 2.50. The Morgan fingerprint density at radius 2 is 1.38 bits per heavy atom. The number of hydroxylamine groups is 1. The number of amides is 2. The maximum atomic E-state index is 13.8. The van der Waals surface area contributed by atoms with E-state index in [0.717, 1.165) is 16.2 Å². The van der Waals surface area contributed by atoms with Crippen molar-refractivity contribution in [2.45, 2.75) is 12.1 Å². The van der Waals surface area contributed by atoms with Crippen molar-refractivity contribution in [1.82, 2.24) is 4.57 Å². The van der Waals surface area contributed by atoms with E-state index in [1.165, 1.54) is 21.8 Å². The molecule has 37 heavy (non-hydrogen) atoms. The van der Waals surface area contributed by atoms with Gasteiger partial charge in [0.25, 0.3) is 5.91 Å². The summed E-state index contributed by atoms with van der Waals surface area (Å²) in [6.45, 7) is 0. The van der Waals surface area contributed by atoms with E-state index in [1.54, 1.807) is 42.5 Å². The lowest BCUT2D eigenvalue weighted by atomic mass is 9.95. The van der Waals surface area contributed by atoms with Crippen LogP contribution in [0.4, 0.5) is 11.4 Å². The van der Waals surface area contributed by atoms with Crippen molar-refractivity contribution >= 4 is 69.3 Å². The number of imide groups is 1. The fourth-order valence-electron chi connectivity index (χ4n) is 4.71. The van der Waals surface area contributed by atoms with Crippen LogP contribution in [0.25, 0.3) is 5.69 Å². The third-order valence-corrected chi connectivity index (χ3v) is 8.59. The fraction of sp³-hybridized carbons (Fsp3) is 0.115. The van der Waals surface area contributed by atoms with Crippen molar-refractivity contribution in [3.63, 3.8) is 0 Å². The van der Waals surface area contributed by atoms with Gasteiger partial charge in [-0.2, -0.15) is 0 Å². The molecule has 2 fully saturated rings. The van der Waals surface area contributed by atoms with Gasteiger partial charge in [-0.15, -0.1) is 0 Å². The lowest BCUT2D eigenvalue weighted by Crippen LogP contribution is -2.37. The minimum Gasteiger partial charge on any atom is -0.273 e.